The van der Waals surface area contributed by atoms with Crippen molar-refractivity contribution in [3.8, 4) is 0 Å². The number of hydrogen-bond acceptors (Lipinski definition) is 5. The smallest absolute Gasteiger partial charge is 0.239 e. The van der Waals surface area contributed by atoms with Crippen molar-refractivity contribution in [3.63, 3.8) is 0 Å². The van der Waals surface area contributed by atoms with Crippen LogP contribution in [0.15, 0.2) is 24.4 Å². The van der Waals surface area contributed by atoms with Crippen LogP contribution in [0, 0.1) is 5.82 Å². The maximum atomic E-state index is 13.5. The topological polar surface area (TPSA) is 75.9 Å². The molecule has 0 unspecified atom stereocenters. The van der Waals surface area contributed by atoms with Crippen LogP contribution < -0.4 is 16.6 Å². The first-order chi connectivity index (χ1) is 8.60. The van der Waals surface area contributed by atoms with E-state index in [0.717, 1.165) is 6.20 Å². The van der Waals surface area contributed by atoms with Gasteiger partial charge in [-0.1, -0.05) is 23.2 Å². The molecule has 0 saturated carbocycles. The van der Waals surface area contributed by atoms with Crippen molar-refractivity contribution in [1.82, 2.24) is 9.97 Å². The minimum Gasteiger partial charge on any atom is -0.336 e. The molecule has 0 fully saturated rings. The Kier molecular flexibility index (Phi) is 3.81. The summed E-state index contributed by atoms with van der Waals surface area (Å²) in [6, 6.07) is 4.77. The first kappa shape index (κ1) is 12.8. The van der Waals surface area contributed by atoms with Gasteiger partial charge in [0.1, 0.15) is 0 Å². The van der Waals surface area contributed by atoms with Gasteiger partial charge < -0.3 is 5.32 Å². The van der Waals surface area contributed by atoms with E-state index in [2.05, 4.69) is 20.7 Å². The average molecular weight is 288 g/mol. The van der Waals surface area contributed by atoms with Crippen molar-refractivity contribution in [2.45, 2.75) is 0 Å². The Balaban J connectivity index is 2.33. The van der Waals surface area contributed by atoms with Crippen molar-refractivity contribution in [2.75, 3.05) is 10.7 Å². The van der Waals surface area contributed by atoms with Gasteiger partial charge in [0.05, 0.1) is 16.9 Å². The molecule has 0 spiro atoms. The van der Waals surface area contributed by atoms with Gasteiger partial charge in [-0.25, -0.2) is 15.2 Å². The fourth-order valence-electron chi connectivity index (χ4n) is 1.24. The lowest BCUT2D eigenvalue weighted by atomic mass is 10.3. The lowest BCUT2D eigenvalue weighted by Crippen LogP contribution is -2.12. The Morgan fingerprint density at radius 1 is 1.28 bits per heavy atom. The highest BCUT2D eigenvalue weighted by Gasteiger charge is 2.09. The molecule has 0 aliphatic carbocycles. The first-order valence-electron chi connectivity index (χ1n) is 4.81. The summed E-state index contributed by atoms with van der Waals surface area (Å²) < 4.78 is 13.5. The number of aromatic nitrogens is 2. The van der Waals surface area contributed by atoms with Gasteiger partial charge >= 0.3 is 0 Å². The Labute approximate surface area is 112 Å². The summed E-state index contributed by atoms with van der Waals surface area (Å²) in [7, 11) is 0. The van der Waals surface area contributed by atoms with E-state index in [0.29, 0.717) is 15.7 Å². The Morgan fingerprint density at radius 2 is 2.06 bits per heavy atom. The standard InChI is InChI=1S/C10H8Cl2FN5/c11-5-1-2-8(6(12)3-5)16-9-7(13)4-15-10(17-9)18-14/h1-4H,14H2,(H2,15,16,17,18). The zero-order valence-corrected chi connectivity index (χ0v) is 10.4. The van der Waals surface area contributed by atoms with Crippen molar-refractivity contribution >= 4 is 40.7 Å². The third kappa shape index (κ3) is 2.79. The molecule has 0 bridgehead atoms. The van der Waals surface area contributed by atoms with Crippen molar-refractivity contribution < 1.29 is 4.39 Å². The Hall–Kier alpha value is -1.63. The van der Waals surface area contributed by atoms with E-state index in [1.54, 1.807) is 12.1 Å². The Bertz CT molecular complexity index is 578. The fourth-order valence-corrected chi connectivity index (χ4v) is 1.70. The predicted molar refractivity (Wildman–Crippen MR) is 69.5 cm³/mol. The van der Waals surface area contributed by atoms with Crippen LogP contribution in [-0.2, 0) is 0 Å². The second kappa shape index (κ2) is 5.34. The molecule has 18 heavy (non-hydrogen) atoms. The highest BCUT2D eigenvalue weighted by Crippen LogP contribution is 2.28. The number of hydrogen-bond donors (Lipinski definition) is 3. The lowest BCUT2D eigenvalue weighted by Gasteiger charge is -2.09. The minimum absolute atomic E-state index is 0.0397. The van der Waals surface area contributed by atoms with Crippen LogP contribution in [0.2, 0.25) is 10.0 Å². The molecular formula is C10H8Cl2FN5. The largest absolute Gasteiger partial charge is 0.336 e. The van der Waals surface area contributed by atoms with Crippen molar-refractivity contribution in [2.24, 2.45) is 5.84 Å². The number of hydrazine groups is 1. The second-order valence-electron chi connectivity index (χ2n) is 3.28. The molecule has 8 heteroatoms. The van der Waals surface area contributed by atoms with Crippen LogP contribution in [-0.4, -0.2) is 9.97 Å². The molecule has 1 heterocycles. The summed E-state index contributed by atoms with van der Waals surface area (Å²) in [6.45, 7) is 0. The van der Waals surface area contributed by atoms with E-state index in [-0.39, 0.29) is 11.8 Å². The summed E-state index contributed by atoms with van der Waals surface area (Å²) in [5.74, 6) is 4.57. The second-order valence-corrected chi connectivity index (χ2v) is 4.13. The number of halogens is 3. The molecule has 0 atom stereocenters. The third-order valence-corrected chi connectivity index (χ3v) is 2.61. The van der Waals surface area contributed by atoms with E-state index in [4.69, 9.17) is 29.0 Å². The summed E-state index contributed by atoms with van der Waals surface area (Å²) in [5.41, 5.74) is 2.69. The molecule has 1 aromatic carbocycles. The number of nitrogen functional groups attached to an aromatic ring is 1. The SMILES string of the molecule is NNc1ncc(F)c(Nc2ccc(Cl)cc2Cl)n1. The first-order valence-corrected chi connectivity index (χ1v) is 5.57. The van der Waals surface area contributed by atoms with E-state index in [1.165, 1.54) is 6.07 Å². The summed E-state index contributed by atoms with van der Waals surface area (Å²) in [6.07, 6.45) is 0.994. The van der Waals surface area contributed by atoms with Crippen LogP contribution in [0.3, 0.4) is 0 Å². The molecular weight excluding hydrogens is 280 g/mol. The van der Waals surface area contributed by atoms with E-state index in [9.17, 15) is 4.39 Å². The van der Waals surface area contributed by atoms with Gasteiger partial charge in [0.25, 0.3) is 0 Å². The van der Waals surface area contributed by atoms with Crippen LogP contribution in [0.4, 0.5) is 21.8 Å². The van der Waals surface area contributed by atoms with E-state index in [1.807, 2.05) is 0 Å². The molecule has 2 aromatic rings. The van der Waals surface area contributed by atoms with Gasteiger partial charge in [-0.05, 0) is 18.2 Å². The third-order valence-electron chi connectivity index (χ3n) is 2.06. The maximum Gasteiger partial charge on any atom is 0.239 e. The number of anilines is 3. The van der Waals surface area contributed by atoms with Crippen molar-refractivity contribution in [3.05, 3.63) is 40.3 Å². The van der Waals surface area contributed by atoms with Crippen molar-refractivity contribution in [1.29, 1.82) is 0 Å². The zero-order chi connectivity index (χ0) is 13.1. The van der Waals surface area contributed by atoms with Crippen LogP contribution >= 0.6 is 23.2 Å². The molecule has 94 valence electrons. The van der Waals surface area contributed by atoms with Gasteiger partial charge in [-0.15, -0.1) is 0 Å². The molecule has 0 amide bonds. The molecule has 0 radical (unpaired) electrons. The maximum absolute atomic E-state index is 13.5. The highest BCUT2D eigenvalue weighted by molar-refractivity contribution is 6.36. The summed E-state index contributed by atoms with van der Waals surface area (Å²) in [4.78, 5) is 7.44. The monoisotopic (exact) mass is 287 g/mol. The zero-order valence-electron chi connectivity index (χ0n) is 8.92. The van der Waals surface area contributed by atoms with Gasteiger partial charge in [0, 0.05) is 5.02 Å². The summed E-state index contributed by atoms with van der Waals surface area (Å²) in [5, 5.41) is 3.56. The van der Waals surface area contributed by atoms with Gasteiger partial charge in [0.15, 0.2) is 11.6 Å². The van der Waals surface area contributed by atoms with Gasteiger partial charge in [0.2, 0.25) is 5.95 Å². The number of benzene rings is 1. The molecule has 0 saturated heterocycles. The van der Waals surface area contributed by atoms with Crippen LogP contribution in [0.25, 0.3) is 0 Å². The highest BCUT2D eigenvalue weighted by atomic mass is 35.5. The number of nitrogens with zero attached hydrogens (tertiary/aromatic N) is 2. The molecule has 1 aromatic heterocycles. The van der Waals surface area contributed by atoms with Gasteiger partial charge in [-0.2, -0.15) is 4.98 Å². The quantitative estimate of drug-likeness (QED) is 0.598. The molecule has 4 N–H and O–H groups in total. The molecule has 5 nitrogen and oxygen atoms in total. The fraction of sp³-hybridized carbons (Fsp3) is 0. The average Bonchev–Trinajstić information content (AvgIpc) is 2.35. The van der Waals surface area contributed by atoms with Gasteiger partial charge in [-0.3, -0.25) is 5.43 Å². The Morgan fingerprint density at radius 3 is 2.72 bits per heavy atom. The minimum atomic E-state index is -0.625. The molecule has 0 aliphatic heterocycles. The number of rotatable bonds is 3. The molecule has 0 aliphatic rings. The van der Waals surface area contributed by atoms with E-state index < -0.39 is 5.82 Å². The van der Waals surface area contributed by atoms with E-state index >= 15 is 0 Å². The van der Waals surface area contributed by atoms with Crippen LogP contribution in [0.1, 0.15) is 0 Å². The van der Waals surface area contributed by atoms with Crippen LogP contribution in [0.5, 0.6) is 0 Å². The molecule has 2 rings (SSSR count). The summed E-state index contributed by atoms with van der Waals surface area (Å²) >= 11 is 11.7. The predicted octanol–water partition coefficient (Wildman–Crippen LogP) is 2.95. The number of nitrogens with two attached hydrogens (primary N) is 1. The normalized spacial score (nSPS) is 10.2. The lowest BCUT2D eigenvalue weighted by molar-refractivity contribution is 0.619. The number of nitrogens with one attached hydrogen (secondary N) is 2.